The van der Waals surface area contributed by atoms with Crippen LogP contribution in [-0.2, 0) is 13.1 Å². The Kier molecular flexibility index (Phi) is 5.52. The summed E-state index contributed by atoms with van der Waals surface area (Å²) in [5.74, 6) is 0. The highest BCUT2D eigenvalue weighted by atomic mass is 32.1. The highest BCUT2D eigenvalue weighted by Crippen LogP contribution is 2.28. The third-order valence-electron chi connectivity index (χ3n) is 4.70. The Bertz CT molecular complexity index is 640. The van der Waals surface area contributed by atoms with Crippen molar-refractivity contribution in [2.75, 3.05) is 20.1 Å². The molecule has 5 heteroatoms. The molecule has 3 heterocycles. The Hall–Kier alpha value is -0.750. The summed E-state index contributed by atoms with van der Waals surface area (Å²) in [6.45, 7) is 11.2. The highest BCUT2D eigenvalue weighted by Gasteiger charge is 2.19. The molecule has 0 bridgehead atoms. The van der Waals surface area contributed by atoms with E-state index in [1.54, 1.807) is 11.3 Å². The normalized spacial score (nSPS) is 17.3. The molecule has 0 radical (unpaired) electrons. The van der Waals surface area contributed by atoms with E-state index in [-0.39, 0.29) is 0 Å². The minimum absolute atomic E-state index is 0.365. The van der Waals surface area contributed by atoms with Crippen LogP contribution in [0.4, 0.5) is 0 Å². The summed E-state index contributed by atoms with van der Waals surface area (Å²) in [6, 6.07) is 4.98. The van der Waals surface area contributed by atoms with Gasteiger partial charge in [0.1, 0.15) is 0 Å². The Morgan fingerprint density at radius 3 is 2.52 bits per heavy atom. The fraction of sp³-hybridized carbons (Fsp3) is 0.611. The van der Waals surface area contributed by atoms with Gasteiger partial charge in [-0.3, -0.25) is 9.80 Å². The van der Waals surface area contributed by atoms with Gasteiger partial charge in [-0.05, 0) is 65.9 Å². The molecule has 2 aromatic heterocycles. The average Bonchev–Trinajstić information content (AvgIpc) is 3.22. The number of aryl methyl sites for hydroxylation is 2. The van der Waals surface area contributed by atoms with Crippen molar-refractivity contribution in [3.63, 3.8) is 0 Å². The van der Waals surface area contributed by atoms with Gasteiger partial charge in [-0.2, -0.15) is 0 Å². The van der Waals surface area contributed by atoms with Gasteiger partial charge in [-0.15, -0.1) is 22.7 Å². The van der Waals surface area contributed by atoms with E-state index in [9.17, 15) is 0 Å². The summed E-state index contributed by atoms with van der Waals surface area (Å²) in [5.41, 5.74) is 1.24. The lowest BCUT2D eigenvalue weighted by atomic mass is 10.2. The summed E-state index contributed by atoms with van der Waals surface area (Å²) < 4.78 is 0. The molecule has 126 valence electrons. The molecule has 1 atom stereocenters. The molecule has 0 amide bonds. The molecule has 0 aromatic carbocycles. The fourth-order valence-corrected chi connectivity index (χ4v) is 5.31. The van der Waals surface area contributed by atoms with Crippen LogP contribution >= 0.6 is 22.7 Å². The molecular formula is C18H27N3S2. The molecule has 0 saturated carbocycles. The highest BCUT2D eigenvalue weighted by molar-refractivity contribution is 7.12. The Balaban J connectivity index is 1.60. The van der Waals surface area contributed by atoms with Crippen molar-refractivity contribution >= 4 is 22.7 Å². The summed E-state index contributed by atoms with van der Waals surface area (Å²) >= 11 is 3.77. The van der Waals surface area contributed by atoms with Crippen molar-refractivity contribution in [3.8, 4) is 0 Å². The monoisotopic (exact) mass is 349 g/mol. The van der Waals surface area contributed by atoms with Crippen LogP contribution in [0.3, 0.4) is 0 Å². The molecule has 2 aromatic rings. The maximum absolute atomic E-state index is 4.72. The minimum Gasteiger partial charge on any atom is -0.298 e. The summed E-state index contributed by atoms with van der Waals surface area (Å²) in [6.07, 6.45) is 2.73. The van der Waals surface area contributed by atoms with E-state index in [1.807, 2.05) is 11.3 Å². The first kappa shape index (κ1) is 17.1. The number of nitrogens with zero attached hydrogens (tertiary/aromatic N) is 3. The number of rotatable bonds is 6. The first-order valence-corrected chi connectivity index (χ1v) is 10.1. The van der Waals surface area contributed by atoms with Crippen molar-refractivity contribution in [2.45, 2.75) is 52.7 Å². The van der Waals surface area contributed by atoms with Crippen molar-refractivity contribution < 1.29 is 0 Å². The number of thiazole rings is 1. The lowest BCUT2D eigenvalue weighted by Gasteiger charge is -2.23. The van der Waals surface area contributed by atoms with Gasteiger partial charge in [0.2, 0.25) is 0 Å². The van der Waals surface area contributed by atoms with Crippen LogP contribution in [0.25, 0.3) is 0 Å². The SMILES string of the molecule is Cc1nc([C@@H](C)N(C)Cc2ccc(CN3CCCC3)s2)c(C)s1. The molecule has 1 saturated heterocycles. The average molecular weight is 350 g/mol. The minimum atomic E-state index is 0.365. The van der Waals surface area contributed by atoms with Crippen LogP contribution in [0.2, 0.25) is 0 Å². The Morgan fingerprint density at radius 2 is 1.87 bits per heavy atom. The van der Waals surface area contributed by atoms with Crippen LogP contribution < -0.4 is 0 Å². The van der Waals surface area contributed by atoms with Crippen LogP contribution in [-0.4, -0.2) is 34.9 Å². The van der Waals surface area contributed by atoms with E-state index in [0.29, 0.717) is 6.04 Å². The van der Waals surface area contributed by atoms with Crippen LogP contribution in [0.5, 0.6) is 0 Å². The van der Waals surface area contributed by atoms with Crippen molar-refractivity contribution in [1.29, 1.82) is 0 Å². The van der Waals surface area contributed by atoms with E-state index in [0.717, 1.165) is 13.1 Å². The molecule has 1 aliphatic rings. The number of likely N-dealkylation sites (tertiary alicyclic amines) is 1. The largest absolute Gasteiger partial charge is 0.298 e. The van der Waals surface area contributed by atoms with E-state index < -0.39 is 0 Å². The van der Waals surface area contributed by atoms with Gasteiger partial charge in [0.25, 0.3) is 0 Å². The zero-order chi connectivity index (χ0) is 16.4. The van der Waals surface area contributed by atoms with E-state index in [2.05, 4.69) is 49.8 Å². The van der Waals surface area contributed by atoms with Gasteiger partial charge in [0.05, 0.1) is 16.7 Å². The summed E-state index contributed by atoms with van der Waals surface area (Å²) in [7, 11) is 2.21. The Labute approximate surface area is 148 Å². The lowest BCUT2D eigenvalue weighted by molar-refractivity contribution is 0.250. The van der Waals surface area contributed by atoms with Crippen molar-refractivity contribution in [1.82, 2.24) is 14.8 Å². The maximum atomic E-state index is 4.72. The van der Waals surface area contributed by atoms with E-state index >= 15 is 0 Å². The first-order valence-electron chi connectivity index (χ1n) is 8.47. The van der Waals surface area contributed by atoms with Gasteiger partial charge in [-0.1, -0.05) is 0 Å². The zero-order valence-electron chi connectivity index (χ0n) is 14.6. The Morgan fingerprint density at radius 1 is 1.17 bits per heavy atom. The summed E-state index contributed by atoms with van der Waals surface area (Å²) in [4.78, 5) is 14.0. The molecule has 0 aliphatic carbocycles. The van der Waals surface area contributed by atoms with Gasteiger partial charge < -0.3 is 0 Å². The topological polar surface area (TPSA) is 19.4 Å². The predicted molar refractivity (Wildman–Crippen MR) is 100 cm³/mol. The molecule has 3 rings (SSSR count). The van der Waals surface area contributed by atoms with Gasteiger partial charge in [-0.25, -0.2) is 4.98 Å². The second-order valence-corrected chi connectivity index (χ2v) is 9.28. The first-order chi connectivity index (χ1) is 11.0. The van der Waals surface area contributed by atoms with E-state index in [1.165, 1.54) is 51.3 Å². The molecular weight excluding hydrogens is 322 g/mol. The maximum Gasteiger partial charge on any atom is 0.0900 e. The molecule has 23 heavy (non-hydrogen) atoms. The van der Waals surface area contributed by atoms with E-state index in [4.69, 9.17) is 4.98 Å². The molecule has 0 spiro atoms. The number of aromatic nitrogens is 1. The van der Waals surface area contributed by atoms with Crippen LogP contribution in [0.1, 0.15) is 51.1 Å². The van der Waals surface area contributed by atoms with Gasteiger partial charge in [0.15, 0.2) is 0 Å². The molecule has 0 unspecified atom stereocenters. The van der Waals surface area contributed by atoms with Crippen molar-refractivity contribution in [2.24, 2.45) is 0 Å². The summed E-state index contributed by atoms with van der Waals surface area (Å²) in [5, 5.41) is 1.17. The number of hydrogen-bond acceptors (Lipinski definition) is 5. The van der Waals surface area contributed by atoms with Crippen LogP contribution in [0.15, 0.2) is 12.1 Å². The molecule has 0 N–H and O–H groups in total. The number of thiophene rings is 1. The smallest absolute Gasteiger partial charge is 0.0900 e. The fourth-order valence-electron chi connectivity index (χ4n) is 3.28. The van der Waals surface area contributed by atoms with Gasteiger partial charge >= 0.3 is 0 Å². The lowest BCUT2D eigenvalue weighted by Crippen LogP contribution is -2.22. The number of hydrogen-bond donors (Lipinski definition) is 0. The zero-order valence-corrected chi connectivity index (χ0v) is 16.3. The van der Waals surface area contributed by atoms with Crippen LogP contribution in [0, 0.1) is 13.8 Å². The molecule has 3 nitrogen and oxygen atoms in total. The van der Waals surface area contributed by atoms with Crippen molar-refractivity contribution in [3.05, 3.63) is 37.5 Å². The third kappa shape index (κ3) is 4.21. The third-order valence-corrected chi connectivity index (χ3v) is 6.65. The second-order valence-electron chi connectivity index (χ2n) is 6.62. The second kappa shape index (κ2) is 7.43. The van der Waals surface area contributed by atoms with Gasteiger partial charge in [0, 0.05) is 27.7 Å². The molecule has 1 fully saturated rings. The quantitative estimate of drug-likeness (QED) is 0.759. The predicted octanol–water partition coefficient (Wildman–Crippen LogP) is 4.61. The molecule has 1 aliphatic heterocycles. The standard InChI is InChI=1S/C18H27N3S2/c1-13(18-14(2)22-15(3)19-18)20(4)11-16-7-8-17(23-16)12-21-9-5-6-10-21/h7-8,13H,5-6,9-12H2,1-4H3/t13-/m1/s1.